The zero-order valence-electron chi connectivity index (χ0n) is 24.0. The Balaban J connectivity index is 0.941. The standard InChI is InChI=1S/C32H35N5O5S/c38-28-10-9-25(30(39)33-28)37-20-23-22(31(37)40)5-2-8-27(23)42-18-17-34-12-3-7-26(34)32(41)36-15-13-35(14-16-36)24-6-1-4-21-11-19-43-29(21)24/h1-2,4-6,8,11,19,25-26H,3,7,9-10,12-18,20H2,(H,33,38,39). The number of thiophene rings is 1. The number of hydrogen-bond donors (Lipinski definition) is 1. The lowest BCUT2D eigenvalue weighted by Gasteiger charge is -2.38. The van der Waals surface area contributed by atoms with Crippen LogP contribution in [0.15, 0.2) is 47.8 Å². The molecule has 2 atom stereocenters. The van der Waals surface area contributed by atoms with E-state index in [0.717, 1.165) is 51.1 Å². The van der Waals surface area contributed by atoms with Crippen molar-refractivity contribution in [2.24, 2.45) is 0 Å². The fraction of sp³-hybridized carbons (Fsp3) is 0.438. The molecular weight excluding hydrogens is 566 g/mol. The number of hydrogen-bond acceptors (Lipinski definition) is 8. The van der Waals surface area contributed by atoms with Crippen LogP contribution in [0.1, 0.15) is 41.6 Å². The molecular formula is C32H35N5O5S. The van der Waals surface area contributed by atoms with Gasteiger partial charge in [-0.1, -0.05) is 18.2 Å². The van der Waals surface area contributed by atoms with Crippen molar-refractivity contribution >= 4 is 50.7 Å². The fourth-order valence-electron chi connectivity index (χ4n) is 6.94. The molecule has 4 aliphatic rings. The number of piperidine rings is 1. The van der Waals surface area contributed by atoms with Gasteiger partial charge < -0.3 is 19.4 Å². The van der Waals surface area contributed by atoms with E-state index in [1.807, 2.05) is 11.0 Å². The Morgan fingerprint density at radius 3 is 2.65 bits per heavy atom. The SMILES string of the molecule is O=C1CCC(N2Cc3c(OCCN4CCCC4C(=O)N4CCN(c5cccc6ccsc56)CC4)cccc3C2=O)C(=O)N1. The van der Waals surface area contributed by atoms with Crippen LogP contribution in [-0.2, 0) is 20.9 Å². The third-order valence-electron chi connectivity index (χ3n) is 9.21. The van der Waals surface area contributed by atoms with Crippen molar-refractivity contribution in [1.29, 1.82) is 0 Å². The molecule has 0 aliphatic carbocycles. The maximum Gasteiger partial charge on any atom is 0.255 e. The summed E-state index contributed by atoms with van der Waals surface area (Å²) in [5.41, 5.74) is 2.56. The predicted molar refractivity (Wildman–Crippen MR) is 163 cm³/mol. The first-order chi connectivity index (χ1) is 21.0. The van der Waals surface area contributed by atoms with Crippen molar-refractivity contribution in [3.8, 4) is 5.75 Å². The molecule has 224 valence electrons. The van der Waals surface area contributed by atoms with Crippen LogP contribution in [-0.4, -0.2) is 96.3 Å². The van der Waals surface area contributed by atoms with E-state index in [-0.39, 0.29) is 36.7 Å². The number of nitrogens with zero attached hydrogens (tertiary/aromatic N) is 4. The molecule has 7 rings (SSSR count). The largest absolute Gasteiger partial charge is 0.492 e. The van der Waals surface area contributed by atoms with Gasteiger partial charge in [0.1, 0.15) is 18.4 Å². The average molecular weight is 602 g/mol. The number of nitrogens with one attached hydrogen (secondary N) is 1. The minimum Gasteiger partial charge on any atom is -0.492 e. The number of carbonyl (C=O) groups is 4. The van der Waals surface area contributed by atoms with Crippen LogP contribution in [0, 0.1) is 0 Å². The van der Waals surface area contributed by atoms with Crippen molar-refractivity contribution in [3.63, 3.8) is 0 Å². The second-order valence-corrected chi connectivity index (χ2v) is 12.6. The number of rotatable bonds is 7. The van der Waals surface area contributed by atoms with Gasteiger partial charge in [-0.2, -0.15) is 0 Å². The highest BCUT2D eigenvalue weighted by atomic mass is 32.1. The summed E-state index contributed by atoms with van der Waals surface area (Å²) in [5.74, 6) is -0.113. The van der Waals surface area contributed by atoms with Crippen molar-refractivity contribution in [2.45, 2.75) is 44.3 Å². The Labute approximate surface area is 254 Å². The molecule has 5 heterocycles. The van der Waals surface area contributed by atoms with E-state index in [1.165, 1.54) is 20.7 Å². The van der Waals surface area contributed by atoms with E-state index >= 15 is 0 Å². The second-order valence-electron chi connectivity index (χ2n) is 11.7. The molecule has 11 heteroatoms. The molecule has 4 aliphatic heterocycles. The first-order valence-electron chi connectivity index (χ1n) is 15.1. The van der Waals surface area contributed by atoms with Gasteiger partial charge in [0.2, 0.25) is 17.7 Å². The molecule has 1 aromatic heterocycles. The van der Waals surface area contributed by atoms with Gasteiger partial charge in [-0.05, 0) is 60.8 Å². The summed E-state index contributed by atoms with van der Waals surface area (Å²) in [5, 5.41) is 5.74. The van der Waals surface area contributed by atoms with Crippen LogP contribution in [0.3, 0.4) is 0 Å². The minimum atomic E-state index is -0.659. The van der Waals surface area contributed by atoms with Crippen LogP contribution in [0.5, 0.6) is 5.75 Å². The maximum absolute atomic E-state index is 13.6. The zero-order valence-corrected chi connectivity index (χ0v) is 24.8. The Kier molecular flexibility index (Phi) is 7.52. The van der Waals surface area contributed by atoms with E-state index in [4.69, 9.17) is 4.74 Å². The minimum absolute atomic E-state index is 0.137. The third kappa shape index (κ3) is 5.25. The third-order valence-corrected chi connectivity index (χ3v) is 10.2. The van der Waals surface area contributed by atoms with E-state index in [1.54, 1.807) is 23.5 Å². The van der Waals surface area contributed by atoms with Crippen LogP contribution in [0.4, 0.5) is 5.69 Å². The smallest absolute Gasteiger partial charge is 0.255 e. The number of benzene rings is 2. The highest BCUT2D eigenvalue weighted by Gasteiger charge is 2.40. The number of carbonyl (C=O) groups excluding carboxylic acids is 4. The molecule has 0 saturated carbocycles. The molecule has 2 unspecified atom stereocenters. The van der Waals surface area contributed by atoms with Crippen LogP contribution in [0.2, 0.25) is 0 Å². The molecule has 4 amide bonds. The van der Waals surface area contributed by atoms with E-state index in [0.29, 0.717) is 30.9 Å². The Morgan fingerprint density at radius 1 is 0.977 bits per heavy atom. The summed E-state index contributed by atoms with van der Waals surface area (Å²) in [4.78, 5) is 58.9. The molecule has 10 nitrogen and oxygen atoms in total. The van der Waals surface area contributed by atoms with Gasteiger partial charge in [0.15, 0.2) is 0 Å². The number of likely N-dealkylation sites (tertiary alicyclic amines) is 1. The van der Waals surface area contributed by atoms with Crippen LogP contribution in [0.25, 0.3) is 10.1 Å². The first kappa shape index (κ1) is 27.8. The Hall–Kier alpha value is -3.96. The van der Waals surface area contributed by atoms with Gasteiger partial charge in [-0.25, -0.2) is 0 Å². The second kappa shape index (κ2) is 11.6. The van der Waals surface area contributed by atoms with Crippen molar-refractivity contribution < 1.29 is 23.9 Å². The lowest BCUT2D eigenvalue weighted by atomic mass is 10.0. The summed E-state index contributed by atoms with van der Waals surface area (Å²) in [6, 6.07) is 13.2. The van der Waals surface area contributed by atoms with Gasteiger partial charge in [-0.15, -0.1) is 11.3 Å². The molecule has 0 radical (unpaired) electrons. The van der Waals surface area contributed by atoms with Crippen LogP contribution >= 0.6 is 11.3 Å². The highest BCUT2D eigenvalue weighted by Crippen LogP contribution is 2.34. The van der Waals surface area contributed by atoms with Crippen molar-refractivity contribution in [1.82, 2.24) is 20.0 Å². The summed E-state index contributed by atoms with van der Waals surface area (Å²) >= 11 is 1.77. The Bertz CT molecular complexity index is 1580. The highest BCUT2D eigenvalue weighted by molar-refractivity contribution is 7.17. The molecule has 3 saturated heterocycles. The van der Waals surface area contributed by atoms with Gasteiger partial charge in [-0.3, -0.25) is 29.4 Å². The first-order valence-corrected chi connectivity index (χ1v) is 16.0. The number of anilines is 1. The zero-order chi connectivity index (χ0) is 29.5. The Morgan fingerprint density at radius 2 is 1.81 bits per heavy atom. The average Bonchev–Trinajstić information content (AvgIpc) is 3.77. The number of amides is 4. The molecule has 1 N–H and O–H groups in total. The summed E-state index contributed by atoms with van der Waals surface area (Å²) in [6.07, 6.45) is 2.37. The maximum atomic E-state index is 13.6. The number of imide groups is 1. The lowest BCUT2D eigenvalue weighted by molar-refractivity contribution is -0.137. The summed E-state index contributed by atoms with van der Waals surface area (Å²) in [7, 11) is 0. The number of piperazine rings is 1. The van der Waals surface area contributed by atoms with E-state index in [9.17, 15) is 19.2 Å². The number of fused-ring (bicyclic) bond motifs is 2. The van der Waals surface area contributed by atoms with E-state index in [2.05, 4.69) is 44.8 Å². The lowest BCUT2D eigenvalue weighted by Crippen LogP contribution is -2.54. The van der Waals surface area contributed by atoms with Crippen molar-refractivity contribution in [3.05, 3.63) is 59.0 Å². The summed E-state index contributed by atoms with van der Waals surface area (Å²) < 4.78 is 7.50. The molecule has 0 bridgehead atoms. The number of ether oxygens (including phenoxy) is 1. The quantitative estimate of drug-likeness (QED) is 0.416. The van der Waals surface area contributed by atoms with Gasteiger partial charge in [0.05, 0.1) is 23.0 Å². The van der Waals surface area contributed by atoms with Crippen molar-refractivity contribution in [2.75, 3.05) is 50.8 Å². The fourth-order valence-corrected chi connectivity index (χ4v) is 7.88. The van der Waals surface area contributed by atoms with Crippen LogP contribution < -0.4 is 15.0 Å². The van der Waals surface area contributed by atoms with Gasteiger partial charge >= 0.3 is 0 Å². The molecule has 3 aromatic rings. The summed E-state index contributed by atoms with van der Waals surface area (Å²) in [6.45, 7) is 5.23. The molecule has 43 heavy (non-hydrogen) atoms. The molecule has 0 spiro atoms. The monoisotopic (exact) mass is 601 g/mol. The topological polar surface area (TPSA) is 102 Å². The normalized spacial score (nSPS) is 22.8. The molecule has 3 fully saturated rings. The van der Waals surface area contributed by atoms with Gasteiger partial charge in [0.25, 0.3) is 5.91 Å². The van der Waals surface area contributed by atoms with E-state index < -0.39 is 11.9 Å². The predicted octanol–water partition coefficient (Wildman–Crippen LogP) is 2.85. The van der Waals surface area contributed by atoms with Gasteiger partial charge in [0, 0.05) is 50.3 Å². The molecule has 2 aromatic carbocycles.